The SMILES string of the molecule is CCCn1c([C@H]2CC(=O)N(c3ccccc3F)C2)nc2ccccc21. The van der Waals surface area contributed by atoms with E-state index in [1.807, 2.05) is 18.2 Å². The minimum Gasteiger partial charge on any atom is -0.328 e. The van der Waals surface area contributed by atoms with Crippen molar-refractivity contribution in [3.05, 3.63) is 60.2 Å². The maximum atomic E-state index is 14.1. The van der Waals surface area contributed by atoms with Gasteiger partial charge in [0.25, 0.3) is 0 Å². The lowest BCUT2D eigenvalue weighted by molar-refractivity contribution is -0.117. The van der Waals surface area contributed by atoms with Crippen LogP contribution in [0.4, 0.5) is 10.1 Å². The van der Waals surface area contributed by atoms with Gasteiger partial charge in [-0.2, -0.15) is 0 Å². The van der Waals surface area contributed by atoms with E-state index in [2.05, 4.69) is 17.6 Å². The van der Waals surface area contributed by atoms with E-state index in [0.29, 0.717) is 18.7 Å². The Balaban J connectivity index is 1.72. The topological polar surface area (TPSA) is 38.1 Å². The minimum absolute atomic E-state index is 0.0222. The molecular weight excluding hydrogens is 317 g/mol. The number of hydrogen-bond acceptors (Lipinski definition) is 2. The molecule has 2 heterocycles. The van der Waals surface area contributed by atoms with Crippen LogP contribution >= 0.6 is 0 Å². The molecule has 0 saturated carbocycles. The molecule has 0 N–H and O–H groups in total. The maximum absolute atomic E-state index is 14.1. The van der Waals surface area contributed by atoms with Crippen LogP contribution in [0, 0.1) is 5.82 Å². The van der Waals surface area contributed by atoms with Crippen molar-refractivity contribution in [2.45, 2.75) is 32.2 Å². The van der Waals surface area contributed by atoms with Gasteiger partial charge >= 0.3 is 0 Å². The van der Waals surface area contributed by atoms with Crippen LogP contribution in [0.25, 0.3) is 11.0 Å². The van der Waals surface area contributed by atoms with E-state index >= 15 is 0 Å². The number of aryl methyl sites for hydroxylation is 1. The zero-order valence-electron chi connectivity index (χ0n) is 14.2. The molecule has 0 unspecified atom stereocenters. The first-order valence-electron chi connectivity index (χ1n) is 8.69. The van der Waals surface area contributed by atoms with Crippen LogP contribution in [0.3, 0.4) is 0 Å². The number of nitrogens with zero attached hydrogens (tertiary/aromatic N) is 3. The smallest absolute Gasteiger partial charge is 0.227 e. The fourth-order valence-electron chi connectivity index (χ4n) is 3.65. The molecule has 0 radical (unpaired) electrons. The zero-order valence-corrected chi connectivity index (χ0v) is 14.2. The van der Waals surface area contributed by atoms with Gasteiger partial charge in [-0.25, -0.2) is 9.37 Å². The van der Waals surface area contributed by atoms with Crippen LogP contribution in [-0.2, 0) is 11.3 Å². The summed E-state index contributed by atoms with van der Waals surface area (Å²) in [7, 11) is 0. The largest absolute Gasteiger partial charge is 0.328 e. The van der Waals surface area contributed by atoms with Crippen molar-refractivity contribution in [2.24, 2.45) is 0 Å². The summed E-state index contributed by atoms with van der Waals surface area (Å²) in [5.74, 6) is 0.491. The molecule has 3 aromatic rings. The molecule has 1 atom stereocenters. The zero-order chi connectivity index (χ0) is 17.4. The van der Waals surface area contributed by atoms with Crippen LogP contribution < -0.4 is 4.90 Å². The number of hydrogen-bond donors (Lipinski definition) is 0. The third kappa shape index (κ3) is 2.69. The number of rotatable bonds is 4. The number of amides is 1. The van der Waals surface area contributed by atoms with E-state index < -0.39 is 0 Å². The molecule has 1 fully saturated rings. The fourth-order valence-corrected chi connectivity index (χ4v) is 3.65. The molecule has 2 aromatic carbocycles. The molecule has 0 bridgehead atoms. The second-order valence-corrected chi connectivity index (χ2v) is 6.47. The number of para-hydroxylation sites is 3. The molecular formula is C20H20FN3O. The van der Waals surface area contributed by atoms with Crippen molar-refractivity contribution in [2.75, 3.05) is 11.4 Å². The molecule has 0 aliphatic carbocycles. The van der Waals surface area contributed by atoms with Gasteiger partial charge in [0.2, 0.25) is 5.91 Å². The van der Waals surface area contributed by atoms with Crippen LogP contribution in [0.2, 0.25) is 0 Å². The summed E-state index contributed by atoms with van der Waals surface area (Å²) < 4.78 is 16.3. The molecule has 5 heteroatoms. The van der Waals surface area contributed by atoms with Crippen LogP contribution in [0.15, 0.2) is 48.5 Å². The Morgan fingerprint density at radius 1 is 1.16 bits per heavy atom. The molecule has 1 aliphatic heterocycles. The summed E-state index contributed by atoms with van der Waals surface area (Å²) in [6.45, 7) is 3.46. The first-order chi connectivity index (χ1) is 12.2. The summed E-state index contributed by atoms with van der Waals surface area (Å²) in [5, 5.41) is 0. The van der Waals surface area contributed by atoms with Crippen molar-refractivity contribution >= 4 is 22.6 Å². The molecule has 1 amide bonds. The number of fused-ring (bicyclic) bond motifs is 1. The van der Waals surface area contributed by atoms with E-state index in [1.165, 1.54) is 6.07 Å². The average Bonchev–Trinajstić information content (AvgIpc) is 3.17. The molecule has 1 aromatic heterocycles. The molecule has 128 valence electrons. The second kappa shape index (κ2) is 6.31. The number of anilines is 1. The minimum atomic E-state index is -0.362. The van der Waals surface area contributed by atoms with Crippen molar-refractivity contribution in [3.8, 4) is 0 Å². The van der Waals surface area contributed by atoms with Gasteiger partial charge in [0.1, 0.15) is 11.6 Å². The quantitative estimate of drug-likeness (QED) is 0.719. The van der Waals surface area contributed by atoms with Gasteiger partial charge in [-0.05, 0) is 30.7 Å². The van der Waals surface area contributed by atoms with Crippen LogP contribution in [0.1, 0.15) is 31.5 Å². The Hall–Kier alpha value is -2.69. The molecule has 1 aliphatic rings. The Labute approximate surface area is 145 Å². The number of halogens is 1. The molecule has 25 heavy (non-hydrogen) atoms. The highest BCUT2D eigenvalue weighted by Gasteiger charge is 2.35. The number of aromatic nitrogens is 2. The Morgan fingerprint density at radius 2 is 1.92 bits per heavy atom. The third-order valence-corrected chi connectivity index (χ3v) is 4.76. The van der Waals surface area contributed by atoms with Gasteiger partial charge in [0.15, 0.2) is 0 Å². The molecule has 0 spiro atoms. The monoisotopic (exact) mass is 337 g/mol. The van der Waals surface area contributed by atoms with E-state index in [0.717, 1.165) is 29.8 Å². The van der Waals surface area contributed by atoms with E-state index in [4.69, 9.17) is 4.98 Å². The second-order valence-electron chi connectivity index (χ2n) is 6.47. The predicted molar refractivity (Wildman–Crippen MR) is 96.1 cm³/mol. The van der Waals surface area contributed by atoms with Crippen molar-refractivity contribution in [3.63, 3.8) is 0 Å². The number of benzene rings is 2. The summed E-state index contributed by atoms with van der Waals surface area (Å²) in [4.78, 5) is 18.9. The molecule has 1 saturated heterocycles. The Bertz CT molecular complexity index is 934. The summed E-state index contributed by atoms with van der Waals surface area (Å²) in [6.07, 6.45) is 1.35. The van der Waals surface area contributed by atoms with Crippen molar-refractivity contribution < 1.29 is 9.18 Å². The lowest BCUT2D eigenvalue weighted by atomic mass is 10.1. The average molecular weight is 337 g/mol. The van der Waals surface area contributed by atoms with Gasteiger partial charge in [0, 0.05) is 25.4 Å². The number of carbonyl (C=O) groups is 1. The van der Waals surface area contributed by atoms with Gasteiger partial charge in [-0.1, -0.05) is 31.2 Å². The summed E-state index contributed by atoms with van der Waals surface area (Å²) in [6, 6.07) is 14.5. The first-order valence-corrected chi connectivity index (χ1v) is 8.69. The lowest BCUT2D eigenvalue weighted by Gasteiger charge is -2.18. The highest BCUT2D eigenvalue weighted by molar-refractivity contribution is 5.96. The number of carbonyl (C=O) groups excluding carboxylic acids is 1. The van der Waals surface area contributed by atoms with Crippen molar-refractivity contribution in [1.82, 2.24) is 9.55 Å². The van der Waals surface area contributed by atoms with Gasteiger partial charge in [-0.15, -0.1) is 0 Å². The fraction of sp³-hybridized carbons (Fsp3) is 0.300. The summed E-state index contributed by atoms with van der Waals surface area (Å²) in [5.41, 5.74) is 2.40. The lowest BCUT2D eigenvalue weighted by Crippen LogP contribution is -2.25. The highest BCUT2D eigenvalue weighted by Crippen LogP contribution is 2.34. The van der Waals surface area contributed by atoms with Crippen LogP contribution in [-0.4, -0.2) is 22.0 Å². The Kier molecular flexibility index (Phi) is 3.99. The normalized spacial score (nSPS) is 17.6. The predicted octanol–water partition coefficient (Wildman–Crippen LogP) is 4.11. The molecule has 4 nitrogen and oxygen atoms in total. The van der Waals surface area contributed by atoms with Gasteiger partial charge in [-0.3, -0.25) is 4.79 Å². The summed E-state index contributed by atoms with van der Waals surface area (Å²) >= 11 is 0. The van der Waals surface area contributed by atoms with Gasteiger partial charge < -0.3 is 9.47 Å². The molecule has 4 rings (SSSR count). The van der Waals surface area contributed by atoms with Crippen molar-refractivity contribution in [1.29, 1.82) is 0 Å². The van der Waals surface area contributed by atoms with Gasteiger partial charge in [0.05, 0.1) is 16.7 Å². The third-order valence-electron chi connectivity index (χ3n) is 4.76. The van der Waals surface area contributed by atoms with E-state index in [-0.39, 0.29) is 17.6 Å². The number of imidazole rings is 1. The van der Waals surface area contributed by atoms with Crippen LogP contribution in [0.5, 0.6) is 0 Å². The Morgan fingerprint density at radius 3 is 2.72 bits per heavy atom. The standard InChI is InChI=1S/C20H20FN3O/c1-2-11-23-18-10-6-4-8-16(18)22-20(23)14-12-19(25)24(13-14)17-9-5-3-7-15(17)21/h3-10,14H,2,11-13H2,1H3/t14-/m0/s1. The van der Waals surface area contributed by atoms with E-state index in [1.54, 1.807) is 23.1 Å². The van der Waals surface area contributed by atoms with E-state index in [9.17, 15) is 9.18 Å². The maximum Gasteiger partial charge on any atom is 0.227 e. The highest BCUT2D eigenvalue weighted by atomic mass is 19.1. The first kappa shape index (κ1) is 15.8.